The van der Waals surface area contributed by atoms with E-state index in [2.05, 4.69) is 14.5 Å². The van der Waals surface area contributed by atoms with Crippen LogP contribution in [0.5, 0.6) is 0 Å². The van der Waals surface area contributed by atoms with Crippen molar-refractivity contribution in [2.24, 2.45) is 0 Å². The summed E-state index contributed by atoms with van der Waals surface area (Å²) in [5.41, 5.74) is 0. The van der Waals surface area contributed by atoms with E-state index >= 15 is 0 Å². The molecule has 2 aliphatic heterocycles. The van der Waals surface area contributed by atoms with Crippen LogP contribution >= 0.6 is 0 Å². The van der Waals surface area contributed by atoms with Gasteiger partial charge in [0.15, 0.2) is 0 Å². The molecule has 1 aromatic carbocycles. The first-order valence-electron chi connectivity index (χ1n) is 8.94. The number of piperazine rings is 1. The third kappa shape index (κ3) is 4.65. The molecule has 0 bridgehead atoms. The van der Waals surface area contributed by atoms with Crippen molar-refractivity contribution in [1.29, 1.82) is 0 Å². The number of sulfonamides is 1. The largest absolute Gasteiger partial charge is 0.394 e. The summed E-state index contributed by atoms with van der Waals surface area (Å²) in [5.74, 6) is -0.517. The number of nitrogens with one attached hydrogen (secondary N) is 1. The zero-order valence-electron chi connectivity index (χ0n) is 15.2. The Hall–Kier alpha value is -1.14. The van der Waals surface area contributed by atoms with Gasteiger partial charge in [-0.2, -0.15) is 0 Å². The van der Waals surface area contributed by atoms with Gasteiger partial charge in [0.1, 0.15) is 18.0 Å². The molecule has 3 rings (SSSR count). The third-order valence-electron chi connectivity index (χ3n) is 5.20. The number of aliphatic hydroxyl groups is 2. The summed E-state index contributed by atoms with van der Waals surface area (Å²) in [6.45, 7) is 2.72. The molecule has 27 heavy (non-hydrogen) atoms. The highest BCUT2D eigenvalue weighted by atomic mass is 32.2. The van der Waals surface area contributed by atoms with E-state index in [1.807, 2.05) is 7.05 Å². The van der Waals surface area contributed by atoms with E-state index in [-0.39, 0.29) is 18.0 Å². The highest BCUT2D eigenvalue weighted by molar-refractivity contribution is 7.89. The lowest BCUT2D eigenvalue weighted by molar-refractivity contribution is -0.0201. The molecule has 2 aliphatic rings. The van der Waals surface area contributed by atoms with E-state index in [0.717, 1.165) is 38.3 Å². The summed E-state index contributed by atoms with van der Waals surface area (Å²) in [6, 6.07) is 4.14. The second-order valence-electron chi connectivity index (χ2n) is 7.02. The maximum Gasteiger partial charge on any atom is 0.240 e. The van der Waals surface area contributed by atoms with Crippen LogP contribution in [0.4, 0.5) is 4.39 Å². The number of aliphatic hydroxyl groups excluding tert-OH is 2. The van der Waals surface area contributed by atoms with Crippen molar-refractivity contribution in [3.05, 3.63) is 30.1 Å². The van der Waals surface area contributed by atoms with Crippen LogP contribution in [0.1, 0.15) is 0 Å². The lowest BCUT2D eigenvalue weighted by Gasteiger charge is -2.39. The molecular formula is C17H26FN3O5S. The van der Waals surface area contributed by atoms with E-state index in [4.69, 9.17) is 4.74 Å². The van der Waals surface area contributed by atoms with Crippen LogP contribution < -0.4 is 4.72 Å². The van der Waals surface area contributed by atoms with Gasteiger partial charge in [0.05, 0.1) is 23.6 Å². The van der Waals surface area contributed by atoms with E-state index < -0.39 is 40.2 Å². The Kier molecular flexibility index (Phi) is 6.46. The Morgan fingerprint density at radius 3 is 2.41 bits per heavy atom. The lowest BCUT2D eigenvalue weighted by Crippen LogP contribution is -2.56. The molecule has 0 aliphatic carbocycles. The quantitative estimate of drug-likeness (QED) is 0.551. The SMILES string of the molecule is CN1CCN([C@@H]2[C@H](O)[C@H](CO)O[C@@H]2CNS(=O)(=O)c2ccc(F)cc2)CC1. The summed E-state index contributed by atoms with van der Waals surface area (Å²) < 4.78 is 46.1. The summed E-state index contributed by atoms with van der Waals surface area (Å²) in [6.07, 6.45) is -2.26. The van der Waals surface area contributed by atoms with Crippen molar-refractivity contribution in [1.82, 2.24) is 14.5 Å². The van der Waals surface area contributed by atoms with Gasteiger partial charge in [0, 0.05) is 32.7 Å². The minimum atomic E-state index is -3.84. The fraction of sp³-hybridized carbons (Fsp3) is 0.647. The van der Waals surface area contributed by atoms with Crippen LogP contribution in [0.3, 0.4) is 0 Å². The van der Waals surface area contributed by atoms with Crippen molar-refractivity contribution in [2.45, 2.75) is 29.2 Å². The standard InChI is InChI=1S/C17H26FN3O5S/c1-20-6-8-21(9-7-20)16-14(26-15(11-22)17(16)23)10-19-27(24,25)13-4-2-12(18)3-5-13/h2-5,14-17,19,22-23H,6-11H2,1H3/t14-,15+,16+,17-/m1/s1. The maximum atomic E-state index is 13.0. The Morgan fingerprint density at radius 1 is 1.19 bits per heavy atom. The van der Waals surface area contributed by atoms with Gasteiger partial charge in [-0.05, 0) is 31.3 Å². The fourth-order valence-corrected chi connectivity index (χ4v) is 4.65. The minimum absolute atomic E-state index is 0.0442. The maximum absolute atomic E-state index is 13.0. The smallest absolute Gasteiger partial charge is 0.240 e. The minimum Gasteiger partial charge on any atom is -0.394 e. The molecule has 1 aromatic rings. The van der Waals surface area contributed by atoms with Gasteiger partial charge in [-0.1, -0.05) is 0 Å². The molecule has 2 fully saturated rings. The number of hydrogen-bond donors (Lipinski definition) is 3. The second-order valence-corrected chi connectivity index (χ2v) is 8.79. The van der Waals surface area contributed by atoms with E-state index in [9.17, 15) is 23.0 Å². The zero-order chi connectivity index (χ0) is 19.6. The Labute approximate surface area is 158 Å². The summed E-state index contributed by atoms with van der Waals surface area (Å²) in [5, 5.41) is 20.0. The van der Waals surface area contributed by atoms with Crippen LogP contribution in [0.15, 0.2) is 29.2 Å². The van der Waals surface area contributed by atoms with Crippen molar-refractivity contribution >= 4 is 10.0 Å². The molecule has 0 saturated carbocycles. The number of ether oxygens (including phenoxy) is 1. The highest BCUT2D eigenvalue weighted by Crippen LogP contribution is 2.27. The monoisotopic (exact) mass is 403 g/mol. The molecule has 3 N–H and O–H groups in total. The lowest BCUT2D eigenvalue weighted by atomic mass is 10.0. The Balaban J connectivity index is 1.70. The molecular weight excluding hydrogens is 377 g/mol. The first-order chi connectivity index (χ1) is 12.8. The van der Waals surface area contributed by atoms with Crippen LogP contribution in [0.2, 0.25) is 0 Å². The average Bonchev–Trinajstić information content (AvgIpc) is 2.97. The van der Waals surface area contributed by atoms with Crippen molar-refractivity contribution in [3.8, 4) is 0 Å². The van der Waals surface area contributed by atoms with Gasteiger partial charge >= 0.3 is 0 Å². The van der Waals surface area contributed by atoms with Gasteiger partial charge in [-0.15, -0.1) is 0 Å². The number of hydrogen-bond acceptors (Lipinski definition) is 7. The van der Waals surface area contributed by atoms with Gasteiger partial charge in [-0.3, -0.25) is 4.90 Å². The normalized spacial score (nSPS) is 30.7. The van der Waals surface area contributed by atoms with Gasteiger partial charge in [0.2, 0.25) is 10.0 Å². The predicted molar refractivity (Wildman–Crippen MR) is 96.2 cm³/mol. The van der Waals surface area contributed by atoms with Gasteiger partial charge in [0.25, 0.3) is 0 Å². The zero-order valence-corrected chi connectivity index (χ0v) is 16.0. The molecule has 0 unspecified atom stereocenters. The van der Waals surface area contributed by atoms with Crippen LogP contribution in [-0.4, -0.2) is 99.2 Å². The molecule has 0 spiro atoms. The van der Waals surface area contributed by atoms with Crippen molar-refractivity contribution < 1.29 is 27.8 Å². The molecule has 4 atom stereocenters. The highest BCUT2D eigenvalue weighted by Gasteiger charge is 2.46. The molecule has 2 saturated heterocycles. The second kappa shape index (κ2) is 8.48. The Morgan fingerprint density at radius 2 is 1.81 bits per heavy atom. The van der Waals surface area contributed by atoms with Crippen LogP contribution in [0, 0.1) is 5.82 Å². The first kappa shape index (κ1) is 20.6. The topological polar surface area (TPSA) is 102 Å². The molecule has 152 valence electrons. The molecule has 0 amide bonds. The number of rotatable bonds is 6. The van der Waals surface area contributed by atoms with E-state index in [1.54, 1.807) is 0 Å². The summed E-state index contributed by atoms with van der Waals surface area (Å²) >= 11 is 0. The number of halogens is 1. The first-order valence-corrected chi connectivity index (χ1v) is 10.4. The number of nitrogens with zero attached hydrogens (tertiary/aromatic N) is 2. The van der Waals surface area contributed by atoms with Crippen molar-refractivity contribution in [2.75, 3.05) is 46.4 Å². The molecule has 2 heterocycles. The van der Waals surface area contributed by atoms with Gasteiger partial charge in [-0.25, -0.2) is 17.5 Å². The number of benzene rings is 1. The average molecular weight is 403 g/mol. The third-order valence-corrected chi connectivity index (χ3v) is 6.64. The molecule has 0 aromatic heterocycles. The summed E-state index contributed by atoms with van der Waals surface area (Å²) in [7, 11) is -1.82. The van der Waals surface area contributed by atoms with Gasteiger partial charge < -0.3 is 19.8 Å². The number of likely N-dealkylation sites (N-methyl/N-ethyl adjacent to an activating group) is 1. The molecule has 8 nitrogen and oxygen atoms in total. The van der Waals surface area contributed by atoms with E-state index in [0.29, 0.717) is 0 Å². The van der Waals surface area contributed by atoms with Crippen molar-refractivity contribution in [3.63, 3.8) is 0 Å². The molecule has 0 radical (unpaired) electrons. The Bertz CT molecular complexity index is 725. The van der Waals surface area contributed by atoms with E-state index in [1.165, 1.54) is 12.1 Å². The summed E-state index contributed by atoms with van der Waals surface area (Å²) in [4.78, 5) is 4.21. The van der Waals surface area contributed by atoms with Crippen LogP contribution in [0.25, 0.3) is 0 Å². The van der Waals surface area contributed by atoms with Crippen LogP contribution in [-0.2, 0) is 14.8 Å². The predicted octanol–water partition coefficient (Wildman–Crippen LogP) is -1.16. The molecule has 10 heteroatoms. The fourth-order valence-electron chi connectivity index (χ4n) is 3.61.